The van der Waals surface area contributed by atoms with E-state index in [0.717, 1.165) is 0 Å². The number of hydrogen-bond acceptors (Lipinski definition) is 0. The molecule has 1 aromatic heterocycles. The molecular weight excluding hydrogens is 331 g/mol. The molecule has 108 valence electrons. The van der Waals surface area contributed by atoms with Crippen molar-refractivity contribution in [1.29, 1.82) is 0 Å². The zero-order valence-corrected chi connectivity index (χ0v) is 14.5. The van der Waals surface area contributed by atoms with Crippen molar-refractivity contribution in [3.8, 4) is 11.1 Å². The van der Waals surface area contributed by atoms with Crippen LogP contribution in [0.25, 0.3) is 30.4 Å². The summed E-state index contributed by atoms with van der Waals surface area (Å²) in [5.74, 6) is 0.583. The predicted octanol–water partition coefficient (Wildman–Crippen LogP) is 5.84. The van der Waals surface area contributed by atoms with E-state index in [2.05, 4.69) is 80.6 Å². The zero-order chi connectivity index (χ0) is 15.1. The molecule has 3 aromatic carbocycles. The van der Waals surface area contributed by atoms with Crippen molar-refractivity contribution in [3.63, 3.8) is 0 Å². The van der Waals surface area contributed by atoms with Gasteiger partial charge in [-0.3, -0.25) is 0 Å². The van der Waals surface area contributed by atoms with Crippen LogP contribution in [0.1, 0.15) is 25.3 Å². The second-order valence-corrected chi connectivity index (χ2v) is 8.27. The second-order valence-electron chi connectivity index (χ2n) is 6.06. The molecule has 0 saturated carbocycles. The Bertz CT molecular complexity index is 946. The summed E-state index contributed by atoms with van der Waals surface area (Å²) >= 11 is 0.409. The molecule has 0 aliphatic rings. The standard InChI is InChI=1S/C21H18Se/c1-14(2)16-11-12-20-19(13-16)18-10-6-9-17(21(18)22-20)15-7-4-3-5-8-15/h3-14H,1-2H3. The monoisotopic (exact) mass is 350 g/mol. The Morgan fingerprint density at radius 2 is 1.59 bits per heavy atom. The van der Waals surface area contributed by atoms with E-state index < -0.39 is 0 Å². The fourth-order valence-corrected chi connectivity index (χ4v) is 5.58. The van der Waals surface area contributed by atoms with Gasteiger partial charge in [-0.2, -0.15) is 0 Å². The molecule has 0 aliphatic heterocycles. The molecule has 0 radical (unpaired) electrons. The Kier molecular flexibility index (Phi) is 3.41. The van der Waals surface area contributed by atoms with Crippen molar-refractivity contribution in [2.24, 2.45) is 0 Å². The van der Waals surface area contributed by atoms with Gasteiger partial charge >= 0.3 is 137 Å². The molecule has 0 fully saturated rings. The van der Waals surface area contributed by atoms with Gasteiger partial charge in [-0.1, -0.05) is 0 Å². The summed E-state index contributed by atoms with van der Waals surface area (Å²) in [6.07, 6.45) is 0. The Hall–Kier alpha value is -1.82. The third-order valence-corrected chi connectivity index (χ3v) is 6.83. The van der Waals surface area contributed by atoms with Crippen LogP contribution in [0.3, 0.4) is 0 Å². The van der Waals surface area contributed by atoms with E-state index >= 15 is 0 Å². The van der Waals surface area contributed by atoms with E-state index in [1.54, 1.807) is 0 Å². The van der Waals surface area contributed by atoms with Gasteiger partial charge in [0, 0.05) is 0 Å². The van der Waals surface area contributed by atoms with Crippen LogP contribution >= 0.6 is 0 Å². The van der Waals surface area contributed by atoms with E-state index in [0.29, 0.717) is 20.4 Å². The molecule has 1 heterocycles. The molecule has 1 heteroatoms. The fraction of sp³-hybridized carbons (Fsp3) is 0.143. The van der Waals surface area contributed by atoms with Crippen molar-refractivity contribution < 1.29 is 0 Å². The van der Waals surface area contributed by atoms with Gasteiger partial charge in [-0.15, -0.1) is 0 Å². The number of rotatable bonds is 2. The van der Waals surface area contributed by atoms with Gasteiger partial charge in [0.25, 0.3) is 0 Å². The van der Waals surface area contributed by atoms with Gasteiger partial charge in [0.1, 0.15) is 0 Å². The number of fused-ring (bicyclic) bond motifs is 3. The first-order valence-electron chi connectivity index (χ1n) is 7.74. The van der Waals surface area contributed by atoms with Gasteiger partial charge in [-0.05, 0) is 0 Å². The predicted molar refractivity (Wildman–Crippen MR) is 97.9 cm³/mol. The first-order chi connectivity index (χ1) is 10.7. The Labute approximate surface area is 137 Å². The molecule has 0 unspecified atom stereocenters. The van der Waals surface area contributed by atoms with Crippen molar-refractivity contribution in [1.82, 2.24) is 0 Å². The van der Waals surface area contributed by atoms with Crippen molar-refractivity contribution >= 4 is 33.8 Å². The Morgan fingerprint density at radius 1 is 0.773 bits per heavy atom. The van der Waals surface area contributed by atoms with E-state index in [-0.39, 0.29) is 0 Å². The summed E-state index contributed by atoms with van der Waals surface area (Å²) in [5.41, 5.74) is 4.17. The maximum atomic E-state index is 2.41. The third-order valence-electron chi connectivity index (χ3n) is 4.27. The minimum absolute atomic E-state index is 0.409. The Balaban J connectivity index is 2.04. The topological polar surface area (TPSA) is 0 Å². The zero-order valence-electron chi connectivity index (χ0n) is 12.8. The maximum absolute atomic E-state index is 2.41. The molecule has 0 saturated heterocycles. The first-order valence-corrected chi connectivity index (χ1v) is 9.46. The van der Waals surface area contributed by atoms with E-state index in [9.17, 15) is 0 Å². The van der Waals surface area contributed by atoms with E-state index in [1.165, 1.54) is 36.0 Å². The first kappa shape index (κ1) is 13.8. The van der Waals surface area contributed by atoms with Crippen LogP contribution in [-0.2, 0) is 0 Å². The minimum atomic E-state index is 0.409. The van der Waals surface area contributed by atoms with Crippen LogP contribution in [-0.4, -0.2) is 14.5 Å². The van der Waals surface area contributed by atoms with Crippen LogP contribution in [0.2, 0.25) is 0 Å². The van der Waals surface area contributed by atoms with Crippen molar-refractivity contribution in [2.45, 2.75) is 19.8 Å². The number of benzene rings is 3. The molecule has 0 N–H and O–H groups in total. The molecule has 22 heavy (non-hydrogen) atoms. The molecule has 0 spiro atoms. The summed E-state index contributed by atoms with van der Waals surface area (Å²) in [7, 11) is 0. The molecular formula is C21H18Se. The molecule has 0 nitrogen and oxygen atoms in total. The summed E-state index contributed by atoms with van der Waals surface area (Å²) in [4.78, 5) is 0. The quantitative estimate of drug-likeness (QED) is 0.399. The summed E-state index contributed by atoms with van der Waals surface area (Å²) in [6.45, 7) is 4.53. The summed E-state index contributed by atoms with van der Waals surface area (Å²) < 4.78 is 3.06. The average molecular weight is 349 g/mol. The van der Waals surface area contributed by atoms with Gasteiger partial charge in [0.2, 0.25) is 0 Å². The normalized spacial score (nSPS) is 11.6. The van der Waals surface area contributed by atoms with Crippen LogP contribution in [0.4, 0.5) is 0 Å². The summed E-state index contributed by atoms with van der Waals surface area (Å²) in [5, 5.41) is 2.90. The molecule has 4 rings (SSSR count). The van der Waals surface area contributed by atoms with Crippen molar-refractivity contribution in [3.05, 3.63) is 72.3 Å². The third kappa shape index (κ3) is 2.22. The van der Waals surface area contributed by atoms with Gasteiger partial charge in [0.15, 0.2) is 0 Å². The van der Waals surface area contributed by atoms with Crippen LogP contribution in [0, 0.1) is 0 Å². The van der Waals surface area contributed by atoms with Gasteiger partial charge < -0.3 is 0 Å². The van der Waals surface area contributed by atoms with Crippen LogP contribution in [0.15, 0.2) is 66.7 Å². The SMILES string of the molecule is CC(C)c1ccc2[se]c3c(-c4ccccc4)cccc3c2c1. The second kappa shape index (κ2) is 5.43. The summed E-state index contributed by atoms with van der Waals surface area (Å²) in [6, 6.07) is 24.6. The molecule has 4 aromatic rings. The molecule has 0 aliphatic carbocycles. The molecule has 0 amide bonds. The van der Waals surface area contributed by atoms with E-state index in [1.807, 2.05) is 0 Å². The molecule has 0 bridgehead atoms. The van der Waals surface area contributed by atoms with E-state index in [4.69, 9.17) is 0 Å². The fourth-order valence-electron chi connectivity index (χ4n) is 3.02. The Morgan fingerprint density at radius 3 is 2.36 bits per heavy atom. The van der Waals surface area contributed by atoms with Gasteiger partial charge in [0.05, 0.1) is 0 Å². The molecule has 0 atom stereocenters. The van der Waals surface area contributed by atoms with Crippen LogP contribution < -0.4 is 0 Å². The van der Waals surface area contributed by atoms with Crippen molar-refractivity contribution in [2.75, 3.05) is 0 Å². The van der Waals surface area contributed by atoms with Crippen LogP contribution in [0.5, 0.6) is 0 Å². The van der Waals surface area contributed by atoms with Gasteiger partial charge in [-0.25, -0.2) is 0 Å². The number of hydrogen-bond donors (Lipinski definition) is 0. The average Bonchev–Trinajstić information content (AvgIpc) is 2.93.